The number of anilines is 1. The van der Waals surface area contributed by atoms with Crippen molar-refractivity contribution in [3.63, 3.8) is 0 Å². The maximum absolute atomic E-state index is 12.3. The number of ether oxygens (including phenoxy) is 1. The summed E-state index contributed by atoms with van der Waals surface area (Å²) in [4.78, 5) is 12.3. The Morgan fingerprint density at radius 2 is 2.04 bits per heavy atom. The second-order valence-corrected chi connectivity index (χ2v) is 6.86. The number of carbonyl (C=O) groups is 1. The predicted molar refractivity (Wildman–Crippen MR) is 101 cm³/mol. The smallest absolute Gasteiger partial charge is 0.234 e. The minimum atomic E-state index is -0.0886. The molecule has 0 saturated carbocycles. The van der Waals surface area contributed by atoms with E-state index in [2.05, 4.69) is 40.9 Å². The van der Waals surface area contributed by atoms with Crippen LogP contribution >= 0.6 is 11.8 Å². The van der Waals surface area contributed by atoms with Gasteiger partial charge in [-0.1, -0.05) is 44.7 Å². The van der Waals surface area contributed by atoms with Crippen molar-refractivity contribution < 1.29 is 9.53 Å². The highest BCUT2D eigenvalue weighted by Gasteiger charge is 2.16. The highest BCUT2D eigenvalue weighted by Crippen LogP contribution is 2.25. The number of aromatic nitrogens is 3. The van der Waals surface area contributed by atoms with Gasteiger partial charge in [-0.3, -0.25) is 4.79 Å². The van der Waals surface area contributed by atoms with Crippen LogP contribution in [0.5, 0.6) is 5.75 Å². The fourth-order valence-electron chi connectivity index (χ4n) is 2.44. The molecule has 0 unspecified atom stereocenters. The average Bonchev–Trinajstić information content (AvgIpc) is 2.98. The molecule has 25 heavy (non-hydrogen) atoms. The first kappa shape index (κ1) is 19.3. The summed E-state index contributed by atoms with van der Waals surface area (Å²) < 4.78 is 7.64. The molecule has 0 aliphatic carbocycles. The standard InChI is InChI=1S/C18H26N4O2S/c1-5-11-22-17(13(3)4)20-21-18(22)25-12-16(23)19-14-9-7-8-10-15(14)24-6-2/h7-10,13H,5-6,11-12H2,1-4H3,(H,19,23). The Hall–Kier alpha value is -2.02. The number of carbonyl (C=O) groups excluding carboxylic acids is 1. The molecule has 1 N–H and O–H groups in total. The molecule has 0 aliphatic heterocycles. The molecule has 1 amide bonds. The van der Waals surface area contributed by atoms with Crippen LogP contribution in [-0.4, -0.2) is 33.0 Å². The normalized spacial score (nSPS) is 10.9. The third-order valence-corrected chi connectivity index (χ3v) is 4.47. The van der Waals surface area contributed by atoms with Crippen LogP contribution in [0.25, 0.3) is 0 Å². The number of thioether (sulfide) groups is 1. The second-order valence-electron chi connectivity index (χ2n) is 5.91. The molecule has 1 aromatic carbocycles. The Morgan fingerprint density at radius 1 is 1.28 bits per heavy atom. The maximum atomic E-state index is 12.3. The van der Waals surface area contributed by atoms with Crippen molar-refractivity contribution in [3.8, 4) is 5.75 Å². The van der Waals surface area contributed by atoms with Gasteiger partial charge in [0.05, 0.1) is 18.0 Å². The molecule has 7 heteroatoms. The zero-order valence-corrected chi connectivity index (χ0v) is 16.1. The fourth-order valence-corrected chi connectivity index (χ4v) is 3.21. The van der Waals surface area contributed by atoms with E-state index in [1.165, 1.54) is 11.8 Å². The Bertz CT molecular complexity index is 700. The number of nitrogens with zero attached hydrogens (tertiary/aromatic N) is 3. The van der Waals surface area contributed by atoms with Crippen molar-refractivity contribution in [2.75, 3.05) is 17.7 Å². The summed E-state index contributed by atoms with van der Waals surface area (Å²) in [6.45, 7) is 9.65. The molecule has 0 atom stereocenters. The van der Waals surface area contributed by atoms with Crippen molar-refractivity contribution >= 4 is 23.4 Å². The second kappa shape index (κ2) is 9.46. The van der Waals surface area contributed by atoms with Crippen LogP contribution in [0.2, 0.25) is 0 Å². The summed E-state index contributed by atoms with van der Waals surface area (Å²) in [5.41, 5.74) is 0.688. The first-order valence-electron chi connectivity index (χ1n) is 8.64. The molecule has 6 nitrogen and oxygen atoms in total. The van der Waals surface area contributed by atoms with Gasteiger partial charge in [-0.2, -0.15) is 0 Å². The van der Waals surface area contributed by atoms with Crippen LogP contribution in [0.3, 0.4) is 0 Å². The van der Waals surface area contributed by atoms with Crippen molar-refractivity contribution in [3.05, 3.63) is 30.1 Å². The molecule has 0 radical (unpaired) electrons. The van der Waals surface area contributed by atoms with Gasteiger partial charge in [0, 0.05) is 12.5 Å². The van der Waals surface area contributed by atoms with Crippen LogP contribution in [-0.2, 0) is 11.3 Å². The van der Waals surface area contributed by atoms with Crippen LogP contribution in [0.15, 0.2) is 29.4 Å². The Kier molecular flexibility index (Phi) is 7.31. The summed E-state index contributed by atoms with van der Waals surface area (Å²) in [6.07, 6.45) is 0.999. The number of rotatable bonds is 9. The highest BCUT2D eigenvalue weighted by molar-refractivity contribution is 7.99. The van der Waals surface area contributed by atoms with Gasteiger partial charge in [0.2, 0.25) is 5.91 Å². The monoisotopic (exact) mass is 362 g/mol. The summed E-state index contributed by atoms with van der Waals surface area (Å²) in [5, 5.41) is 12.2. The lowest BCUT2D eigenvalue weighted by Crippen LogP contribution is -2.15. The topological polar surface area (TPSA) is 69.0 Å². The molecular formula is C18H26N4O2S. The van der Waals surface area contributed by atoms with Crippen LogP contribution in [0.1, 0.15) is 45.9 Å². The van der Waals surface area contributed by atoms with Gasteiger partial charge in [-0.25, -0.2) is 0 Å². The van der Waals surface area contributed by atoms with E-state index < -0.39 is 0 Å². The first-order chi connectivity index (χ1) is 12.1. The average molecular weight is 362 g/mol. The third-order valence-electron chi connectivity index (χ3n) is 3.50. The van der Waals surface area contributed by atoms with Gasteiger partial charge in [0.1, 0.15) is 11.6 Å². The fraction of sp³-hybridized carbons (Fsp3) is 0.500. The number of nitrogens with one attached hydrogen (secondary N) is 1. The van der Waals surface area contributed by atoms with Crippen LogP contribution in [0, 0.1) is 0 Å². The zero-order valence-electron chi connectivity index (χ0n) is 15.3. The maximum Gasteiger partial charge on any atom is 0.234 e. The highest BCUT2D eigenvalue weighted by atomic mass is 32.2. The van der Waals surface area contributed by atoms with Crippen LogP contribution < -0.4 is 10.1 Å². The van der Waals surface area contributed by atoms with Crippen molar-refractivity contribution in [1.82, 2.24) is 14.8 Å². The van der Waals surface area contributed by atoms with Gasteiger partial charge in [0.25, 0.3) is 0 Å². The number of hydrogen-bond donors (Lipinski definition) is 1. The number of benzene rings is 1. The predicted octanol–water partition coefficient (Wildman–Crippen LogP) is 3.94. The quantitative estimate of drug-likeness (QED) is 0.684. The van der Waals surface area contributed by atoms with E-state index in [4.69, 9.17) is 4.74 Å². The lowest BCUT2D eigenvalue weighted by atomic mass is 10.2. The molecule has 2 rings (SSSR count). The minimum absolute atomic E-state index is 0.0886. The van der Waals surface area contributed by atoms with Gasteiger partial charge in [0.15, 0.2) is 5.16 Å². The molecule has 0 bridgehead atoms. The van der Waals surface area contributed by atoms with E-state index in [9.17, 15) is 4.79 Å². The number of hydrogen-bond acceptors (Lipinski definition) is 5. The number of amides is 1. The van der Waals surface area contributed by atoms with E-state index in [0.717, 1.165) is 23.9 Å². The van der Waals surface area contributed by atoms with Gasteiger partial charge < -0.3 is 14.6 Å². The Morgan fingerprint density at radius 3 is 2.72 bits per heavy atom. The first-order valence-corrected chi connectivity index (χ1v) is 9.62. The minimum Gasteiger partial charge on any atom is -0.492 e. The van der Waals surface area contributed by atoms with Crippen LogP contribution in [0.4, 0.5) is 5.69 Å². The zero-order chi connectivity index (χ0) is 18.2. The molecule has 1 aromatic heterocycles. The lowest BCUT2D eigenvalue weighted by molar-refractivity contribution is -0.113. The third kappa shape index (κ3) is 5.22. The molecule has 0 fully saturated rings. The summed E-state index contributed by atoms with van der Waals surface area (Å²) in [5.74, 6) is 2.14. The van der Waals surface area contributed by atoms with E-state index >= 15 is 0 Å². The van der Waals surface area contributed by atoms with Gasteiger partial charge >= 0.3 is 0 Å². The van der Waals surface area contributed by atoms with Crippen molar-refractivity contribution in [1.29, 1.82) is 0 Å². The number of para-hydroxylation sites is 2. The van der Waals surface area contributed by atoms with E-state index in [0.29, 0.717) is 24.0 Å². The van der Waals surface area contributed by atoms with Gasteiger partial charge in [-0.05, 0) is 25.5 Å². The molecule has 0 aliphatic rings. The van der Waals surface area contributed by atoms with Crippen molar-refractivity contribution in [2.24, 2.45) is 0 Å². The summed E-state index contributed by atoms with van der Waals surface area (Å²) in [6, 6.07) is 7.44. The van der Waals surface area contributed by atoms with E-state index in [-0.39, 0.29) is 11.7 Å². The molecular weight excluding hydrogens is 336 g/mol. The lowest BCUT2D eigenvalue weighted by Gasteiger charge is -2.12. The SMILES string of the molecule is CCCn1c(SCC(=O)Nc2ccccc2OCC)nnc1C(C)C. The molecule has 0 saturated heterocycles. The largest absolute Gasteiger partial charge is 0.492 e. The summed E-state index contributed by atoms with van der Waals surface area (Å²) in [7, 11) is 0. The van der Waals surface area contributed by atoms with E-state index in [1.807, 2.05) is 31.2 Å². The Balaban J connectivity index is 2.01. The molecule has 1 heterocycles. The Labute approximate surface area is 153 Å². The molecule has 136 valence electrons. The van der Waals surface area contributed by atoms with Gasteiger partial charge in [-0.15, -0.1) is 10.2 Å². The van der Waals surface area contributed by atoms with E-state index in [1.54, 1.807) is 0 Å². The molecule has 2 aromatic rings. The summed E-state index contributed by atoms with van der Waals surface area (Å²) >= 11 is 1.41. The van der Waals surface area contributed by atoms with Crippen molar-refractivity contribution in [2.45, 2.75) is 51.7 Å². The molecule has 0 spiro atoms.